The van der Waals surface area contributed by atoms with Crippen molar-refractivity contribution in [3.05, 3.63) is 109 Å². The molecule has 0 aliphatic rings. The van der Waals surface area contributed by atoms with Gasteiger partial charge < -0.3 is 14.2 Å². The van der Waals surface area contributed by atoms with Crippen LogP contribution >= 0.6 is 0 Å². The van der Waals surface area contributed by atoms with Crippen molar-refractivity contribution >= 4 is 17.9 Å². The zero-order chi connectivity index (χ0) is 50.7. The van der Waals surface area contributed by atoms with Gasteiger partial charge in [0, 0.05) is 19.3 Å². The van der Waals surface area contributed by atoms with E-state index in [-0.39, 0.29) is 31.1 Å². The molecule has 0 amide bonds. The average Bonchev–Trinajstić information content (AvgIpc) is 3.36. The predicted octanol–water partition coefficient (Wildman–Crippen LogP) is 19.5. The van der Waals surface area contributed by atoms with Gasteiger partial charge in [-0.2, -0.15) is 0 Å². The minimum atomic E-state index is -0.803. The van der Waals surface area contributed by atoms with Crippen LogP contribution in [0.1, 0.15) is 258 Å². The fraction of sp³-hybridized carbons (Fsp3) is 0.672. The number of carbonyl (C=O) groups is 3. The zero-order valence-electron chi connectivity index (χ0n) is 45.5. The Kier molecular flexibility index (Phi) is 54.4. The number of carbonyl (C=O) groups excluding carboxylic acids is 3. The molecule has 0 bridgehead atoms. The largest absolute Gasteiger partial charge is 0.462 e. The molecule has 1 unspecified atom stereocenters. The van der Waals surface area contributed by atoms with Gasteiger partial charge in [0.25, 0.3) is 0 Å². The smallest absolute Gasteiger partial charge is 0.306 e. The molecular weight excluding hydrogens is 865 g/mol. The van der Waals surface area contributed by atoms with Crippen molar-refractivity contribution in [1.29, 1.82) is 0 Å². The van der Waals surface area contributed by atoms with Gasteiger partial charge in [-0.1, -0.05) is 226 Å². The lowest BCUT2D eigenvalue weighted by molar-refractivity contribution is -0.167. The molecular formula is C64H106O6. The fourth-order valence-electron chi connectivity index (χ4n) is 7.71. The summed E-state index contributed by atoms with van der Waals surface area (Å²) in [5.41, 5.74) is 0. The first-order valence-corrected chi connectivity index (χ1v) is 28.9. The Morgan fingerprint density at radius 2 is 0.557 bits per heavy atom. The first kappa shape index (κ1) is 66.1. The molecule has 0 rings (SSSR count). The number of hydrogen-bond donors (Lipinski definition) is 0. The molecule has 0 aliphatic heterocycles. The van der Waals surface area contributed by atoms with Gasteiger partial charge in [-0.15, -0.1) is 0 Å². The van der Waals surface area contributed by atoms with Crippen LogP contribution in [0.4, 0.5) is 0 Å². The van der Waals surface area contributed by atoms with Gasteiger partial charge in [-0.05, 0) is 122 Å². The summed E-state index contributed by atoms with van der Waals surface area (Å²) in [6, 6.07) is 0. The topological polar surface area (TPSA) is 78.9 Å². The van der Waals surface area contributed by atoms with E-state index < -0.39 is 6.10 Å². The summed E-state index contributed by atoms with van der Waals surface area (Å²) in [4.78, 5) is 38.2. The van der Waals surface area contributed by atoms with Crippen LogP contribution in [0, 0.1) is 0 Å². The van der Waals surface area contributed by atoms with Gasteiger partial charge in [0.15, 0.2) is 6.10 Å². The lowest BCUT2D eigenvalue weighted by Gasteiger charge is -2.18. The van der Waals surface area contributed by atoms with Crippen molar-refractivity contribution in [2.45, 2.75) is 264 Å². The van der Waals surface area contributed by atoms with Gasteiger partial charge >= 0.3 is 17.9 Å². The van der Waals surface area contributed by atoms with E-state index in [0.717, 1.165) is 128 Å². The second-order valence-corrected chi connectivity index (χ2v) is 18.8. The van der Waals surface area contributed by atoms with Crippen molar-refractivity contribution in [3.8, 4) is 0 Å². The third-order valence-corrected chi connectivity index (χ3v) is 12.0. The Balaban J connectivity index is 4.49. The Bertz CT molecular complexity index is 1440. The zero-order valence-corrected chi connectivity index (χ0v) is 45.5. The molecule has 0 N–H and O–H groups in total. The van der Waals surface area contributed by atoms with Crippen molar-refractivity contribution < 1.29 is 28.6 Å². The predicted molar refractivity (Wildman–Crippen MR) is 302 cm³/mol. The molecule has 0 heterocycles. The van der Waals surface area contributed by atoms with E-state index in [2.05, 4.69) is 130 Å². The highest BCUT2D eigenvalue weighted by Gasteiger charge is 2.19. The molecule has 0 aromatic rings. The first-order valence-electron chi connectivity index (χ1n) is 28.9. The van der Waals surface area contributed by atoms with Crippen LogP contribution in [-0.4, -0.2) is 37.2 Å². The summed E-state index contributed by atoms with van der Waals surface area (Å²) in [5.74, 6) is -0.948. The van der Waals surface area contributed by atoms with Crippen LogP contribution in [0.2, 0.25) is 0 Å². The standard InChI is InChI=1S/C64H106O6/c1-4-7-10-13-16-19-22-25-28-31-32-34-36-39-42-45-48-51-54-57-63(66)69-60-61(59-68-62(65)56-53-50-47-44-41-38-35-30-27-24-21-18-15-12-9-6-3)70-64(67)58-55-52-49-46-43-40-37-33-29-26-23-20-17-14-11-8-5-2/h7-8,10-11,16-17,19-20,25-26,28-30,32,34-35,39,42,61H,4-6,9,12-15,18,21-24,27,31,33,36-38,40-41,43-60H2,1-3H3/b10-7-,11-8-,19-16-,20-17-,28-25-,29-26-,34-32-,35-30-,42-39-. The van der Waals surface area contributed by atoms with Crippen molar-refractivity contribution in [1.82, 2.24) is 0 Å². The molecule has 0 saturated carbocycles. The Morgan fingerprint density at radius 1 is 0.300 bits per heavy atom. The summed E-state index contributed by atoms with van der Waals surface area (Å²) in [5, 5.41) is 0. The maximum absolute atomic E-state index is 12.9. The van der Waals surface area contributed by atoms with E-state index >= 15 is 0 Å². The van der Waals surface area contributed by atoms with Crippen molar-refractivity contribution in [3.63, 3.8) is 0 Å². The summed E-state index contributed by atoms with van der Waals surface area (Å²) in [6.45, 7) is 6.37. The van der Waals surface area contributed by atoms with Crippen LogP contribution in [0.3, 0.4) is 0 Å². The number of ether oxygens (including phenoxy) is 3. The lowest BCUT2D eigenvalue weighted by Crippen LogP contribution is -2.30. The monoisotopic (exact) mass is 971 g/mol. The fourth-order valence-corrected chi connectivity index (χ4v) is 7.71. The van der Waals surface area contributed by atoms with E-state index in [0.29, 0.717) is 19.3 Å². The van der Waals surface area contributed by atoms with Crippen LogP contribution in [0.5, 0.6) is 0 Å². The molecule has 6 nitrogen and oxygen atoms in total. The van der Waals surface area contributed by atoms with Gasteiger partial charge in [0.2, 0.25) is 0 Å². The van der Waals surface area contributed by atoms with E-state index in [1.807, 2.05) is 0 Å². The lowest BCUT2D eigenvalue weighted by atomic mass is 10.1. The van der Waals surface area contributed by atoms with E-state index in [1.54, 1.807) is 0 Å². The maximum atomic E-state index is 12.9. The summed E-state index contributed by atoms with van der Waals surface area (Å²) in [7, 11) is 0. The Hall–Kier alpha value is -3.93. The van der Waals surface area contributed by atoms with Crippen LogP contribution in [0.25, 0.3) is 0 Å². The molecule has 0 aromatic heterocycles. The third kappa shape index (κ3) is 55.0. The second-order valence-electron chi connectivity index (χ2n) is 18.8. The molecule has 0 aromatic carbocycles. The van der Waals surface area contributed by atoms with Gasteiger partial charge in [-0.3, -0.25) is 14.4 Å². The van der Waals surface area contributed by atoms with E-state index in [4.69, 9.17) is 14.2 Å². The quantitative estimate of drug-likeness (QED) is 0.0262. The third-order valence-electron chi connectivity index (χ3n) is 12.0. The molecule has 398 valence electrons. The van der Waals surface area contributed by atoms with Crippen LogP contribution < -0.4 is 0 Å². The molecule has 0 aliphatic carbocycles. The number of unbranched alkanes of at least 4 members (excludes halogenated alkanes) is 22. The summed E-state index contributed by atoms with van der Waals surface area (Å²) in [6.07, 6.45) is 77.9. The number of esters is 3. The molecule has 0 fully saturated rings. The number of rotatable bonds is 51. The number of allylic oxidation sites excluding steroid dienone is 18. The van der Waals surface area contributed by atoms with E-state index in [9.17, 15) is 14.4 Å². The number of hydrogen-bond acceptors (Lipinski definition) is 6. The minimum absolute atomic E-state index is 0.0984. The van der Waals surface area contributed by atoms with Gasteiger partial charge in [-0.25, -0.2) is 0 Å². The Morgan fingerprint density at radius 3 is 0.900 bits per heavy atom. The average molecular weight is 972 g/mol. The normalized spacial score (nSPS) is 12.9. The maximum Gasteiger partial charge on any atom is 0.306 e. The molecule has 1 atom stereocenters. The summed E-state index contributed by atoms with van der Waals surface area (Å²) < 4.78 is 16.8. The second kappa shape index (κ2) is 57.6. The molecule has 6 heteroatoms. The van der Waals surface area contributed by atoms with Crippen molar-refractivity contribution in [2.24, 2.45) is 0 Å². The molecule has 0 spiro atoms. The van der Waals surface area contributed by atoms with Crippen LogP contribution in [-0.2, 0) is 28.6 Å². The SMILES string of the molecule is CC/C=C\C/C=C\C/C=C\C/C=C\C/C=C\CCCCCC(=O)OCC(COC(=O)CCCCCCC/C=C\CCCCCCCCC)OC(=O)CCCCCCCCC/C=C\C/C=C\C/C=C\CC. The summed E-state index contributed by atoms with van der Waals surface area (Å²) >= 11 is 0. The Labute approximate surface area is 431 Å². The van der Waals surface area contributed by atoms with Gasteiger partial charge in [0.1, 0.15) is 13.2 Å². The highest BCUT2D eigenvalue weighted by Crippen LogP contribution is 2.14. The van der Waals surface area contributed by atoms with E-state index in [1.165, 1.54) is 89.9 Å². The van der Waals surface area contributed by atoms with Gasteiger partial charge in [0.05, 0.1) is 0 Å². The molecule has 0 radical (unpaired) electrons. The van der Waals surface area contributed by atoms with Crippen molar-refractivity contribution in [2.75, 3.05) is 13.2 Å². The first-order chi connectivity index (χ1) is 34.5. The highest BCUT2D eigenvalue weighted by molar-refractivity contribution is 5.71. The molecule has 0 saturated heterocycles. The highest BCUT2D eigenvalue weighted by atomic mass is 16.6. The minimum Gasteiger partial charge on any atom is -0.462 e. The molecule has 70 heavy (non-hydrogen) atoms. The van der Waals surface area contributed by atoms with Crippen LogP contribution in [0.15, 0.2) is 109 Å².